The molecule has 2 aromatic carbocycles. The highest BCUT2D eigenvalue weighted by atomic mass is 32.2. The number of methoxy groups -OCH3 is 1. The predicted molar refractivity (Wildman–Crippen MR) is 97.3 cm³/mol. The summed E-state index contributed by atoms with van der Waals surface area (Å²) in [6.45, 7) is 0. The van der Waals surface area contributed by atoms with E-state index in [9.17, 15) is 9.59 Å². The number of aromatic nitrogens is 3. The molecule has 7 nitrogen and oxygen atoms in total. The van der Waals surface area contributed by atoms with E-state index in [4.69, 9.17) is 4.74 Å². The molecule has 0 aliphatic heterocycles. The van der Waals surface area contributed by atoms with Crippen LogP contribution in [0, 0.1) is 0 Å². The molecule has 0 bridgehead atoms. The molecule has 0 unspecified atom stereocenters. The molecule has 3 aromatic rings. The van der Waals surface area contributed by atoms with Crippen molar-refractivity contribution < 1.29 is 19.0 Å². The molecule has 0 saturated carbocycles. The smallest absolute Gasteiger partial charge is 0.385 e. The number of thioether (sulfide) groups is 1. The van der Waals surface area contributed by atoms with Crippen molar-refractivity contribution in [3.63, 3.8) is 0 Å². The quantitative estimate of drug-likeness (QED) is 0.395. The zero-order valence-electron chi connectivity index (χ0n) is 14.0. The average Bonchev–Trinajstić information content (AvgIpc) is 3.15. The maximum atomic E-state index is 12.3. The van der Waals surface area contributed by atoms with Gasteiger partial charge in [-0.05, 0) is 41.0 Å². The summed E-state index contributed by atoms with van der Waals surface area (Å²) in [4.78, 5) is 28.3. The van der Waals surface area contributed by atoms with Gasteiger partial charge in [0.25, 0.3) is 0 Å². The summed E-state index contributed by atoms with van der Waals surface area (Å²) in [5, 5.41) is 6.42. The van der Waals surface area contributed by atoms with Crippen molar-refractivity contribution in [2.75, 3.05) is 18.2 Å². The minimum absolute atomic E-state index is 0.146. The van der Waals surface area contributed by atoms with Gasteiger partial charge in [0.2, 0.25) is 12.2 Å². The molecule has 0 atom stereocenters. The first-order valence-corrected chi connectivity index (χ1v) is 8.78. The van der Waals surface area contributed by atoms with Gasteiger partial charge in [0.15, 0.2) is 5.69 Å². The first kappa shape index (κ1) is 17.7. The van der Waals surface area contributed by atoms with E-state index in [1.807, 2.05) is 30.3 Å². The summed E-state index contributed by atoms with van der Waals surface area (Å²) in [5.41, 5.74) is 1.65. The van der Waals surface area contributed by atoms with Gasteiger partial charge in [0.05, 0.1) is 24.1 Å². The molecular weight excluding hydrogens is 352 g/mol. The van der Waals surface area contributed by atoms with Crippen LogP contribution in [0.15, 0.2) is 66.1 Å². The summed E-state index contributed by atoms with van der Waals surface area (Å²) < 4.78 is 6.52. The number of rotatable bonds is 6. The van der Waals surface area contributed by atoms with Crippen molar-refractivity contribution in [1.29, 1.82) is 0 Å². The Balaban J connectivity index is 1.66. The number of ether oxygens (including phenoxy) is 1. The van der Waals surface area contributed by atoms with E-state index < -0.39 is 5.97 Å². The number of nitrogens with zero attached hydrogens (tertiary/aromatic N) is 2. The molecule has 132 valence electrons. The molecule has 26 heavy (non-hydrogen) atoms. The van der Waals surface area contributed by atoms with E-state index in [0.29, 0.717) is 16.4 Å². The van der Waals surface area contributed by atoms with Crippen LogP contribution in [0.5, 0.6) is 0 Å². The summed E-state index contributed by atoms with van der Waals surface area (Å²) in [7, 11) is 1.30. The molecule has 0 aliphatic rings. The van der Waals surface area contributed by atoms with Gasteiger partial charge >= 0.3 is 11.1 Å². The van der Waals surface area contributed by atoms with Gasteiger partial charge in [0.1, 0.15) is 0 Å². The molecule has 0 fully saturated rings. The number of amides is 1. The highest BCUT2D eigenvalue weighted by Crippen LogP contribution is 2.18. The number of nitrogens with one attached hydrogen (secondary N) is 2. The molecule has 1 heterocycles. The number of carbonyl (C=O) groups is 2. The lowest BCUT2D eigenvalue weighted by atomic mass is 10.2. The van der Waals surface area contributed by atoms with E-state index in [1.165, 1.54) is 18.9 Å². The minimum atomic E-state index is -0.497. The molecule has 1 aromatic heterocycles. The Bertz CT molecular complexity index is 912. The van der Waals surface area contributed by atoms with Crippen molar-refractivity contribution >= 4 is 29.3 Å². The van der Waals surface area contributed by atoms with Crippen LogP contribution >= 0.6 is 11.8 Å². The maximum absolute atomic E-state index is 12.3. The monoisotopic (exact) mass is 369 g/mol. The standard InChI is InChI=1S/C18H16N4O3S/c1-25-17(24)14-9-5-6-10-15(14)21-16(23)11-26-18-19-12-20-22(18)13-7-3-2-4-8-13/h2-10,12H,11H2,1H3,(H,21,23,24)/p+1. The normalized spacial score (nSPS) is 10.3. The molecule has 1 amide bonds. The van der Waals surface area contributed by atoms with E-state index in [0.717, 1.165) is 5.69 Å². The van der Waals surface area contributed by atoms with Crippen LogP contribution in [0.2, 0.25) is 0 Å². The first-order valence-electron chi connectivity index (χ1n) is 7.80. The molecule has 0 spiro atoms. The topological polar surface area (TPSA) is 88.0 Å². The van der Waals surface area contributed by atoms with Gasteiger partial charge in [-0.2, -0.15) is 5.10 Å². The lowest BCUT2D eigenvalue weighted by molar-refractivity contribution is -0.694. The second-order valence-electron chi connectivity index (χ2n) is 5.21. The van der Waals surface area contributed by atoms with Gasteiger partial charge in [-0.15, -0.1) is 4.68 Å². The average molecular weight is 369 g/mol. The van der Waals surface area contributed by atoms with Crippen LogP contribution < -0.4 is 10.00 Å². The molecule has 0 aliphatic carbocycles. The van der Waals surface area contributed by atoms with Crippen molar-refractivity contribution in [1.82, 2.24) is 10.1 Å². The van der Waals surface area contributed by atoms with E-state index in [-0.39, 0.29) is 11.7 Å². The second kappa shape index (κ2) is 8.30. The van der Waals surface area contributed by atoms with Crippen LogP contribution in [0.3, 0.4) is 0 Å². The van der Waals surface area contributed by atoms with Crippen LogP contribution in [0.25, 0.3) is 5.69 Å². The number of benzene rings is 2. The zero-order chi connectivity index (χ0) is 18.4. The number of esters is 1. The van der Waals surface area contributed by atoms with Crippen molar-refractivity contribution in [3.05, 3.63) is 66.5 Å². The van der Waals surface area contributed by atoms with E-state index in [2.05, 4.69) is 15.4 Å². The number of H-pyrrole nitrogens is 1. The third-order valence-electron chi connectivity index (χ3n) is 3.51. The number of aromatic amines is 1. The molecule has 8 heteroatoms. The Morgan fingerprint density at radius 1 is 1.15 bits per heavy atom. The van der Waals surface area contributed by atoms with Crippen LogP contribution in [-0.4, -0.2) is 34.8 Å². The molecule has 2 N–H and O–H groups in total. The third kappa shape index (κ3) is 4.09. The van der Waals surface area contributed by atoms with E-state index in [1.54, 1.807) is 35.3 Å². The lowest BCUT2D eigenvalue weighted by Gasteiger charge is -2.08. The SMILES string of the molecule is COC(=O)c1ccccc1NC(=O)CSc1nc[nH][n+]1-c1ccccc1. The van der Waals surface area contributed by atoms with Crippen molar-refractivity contribution in [2.24, 2.45) is 0 Å². The Hall–Kier alpha value is -3.13. The third-order valence-corrected chi connectivity index (χ3v) is 4.46. The van der Waals surface area contributed by atoms with E-state index >= 15 is 0 Å². The van der Waals surface area contributed by atoms with Gasteiger partial charge in [-0.25, -0.2) is 4.79 Å². The Labute approximate surface area is 154 Å². The van der Waals surface area contributed by atoms with Crippen molar-refractivity contribution in [2.45, 2.75) is 5.16 Å². The number of anilines is 1. The highest BCUT2D eigenvalue weighted by Gasteiger charge is 2.19. The second-order valence-corrected chi connectivity index (χ2v) is 6.16. The summed E-state index contributed by atoms with van der Waals surface area (Å²) in [6, 6.07) is 16.4. The fourth-order valence-corrected chi connectivity index (χ4v) is 3.06. The minimum Gasteiger partial charge on any atom is -0.465 e. The highest BCUT2D eigenvalue weighted by molar-refractivity contribution is 7.99. The van der Waals surface area contributed by atoms with Crippen LogP contribution in [0.4, 0.5) is 5.69 Å². The lowest BCUT2D eigenvalue weighted by Crippen LogP contribution is -2.35. The maximum Gasteiger partial charge on any atom is 0.385 e. The Morgan fingerprint density at radius 2 is 1.88 bits per heavy atom. The fourth-order valence-electron chi connectivity index (χ4n) is 2.32. The van der Waals surface area contributed by atoms with Gasteiger partial charge < -0.3 is 10.1 Å². The van der Waals surface area contributed by atoms with Gasteiger partial charge in [-0.3, -0.25) is 4.79 Å². The molecule has 3 rings (SSSR count). The number of hydrogen-bond acceptors (Lipinski definition) is 5. The van der Waals surface area contributed by atoms with Gasteiger partial charge in [-0.1, -0.05) is 30.3 Å². The Morgan fingerprint density at radius 3 is 2.65 bits per heavy atom. The summed E-state index contributed by atoms with van der Waals surface area (Å²) in [5.74, 6) is -0.593. The molecule has 0 saturated heterocycles. The summed E-state index contributed by atoms with van der Waals surface area (Å²) >= 11 is 1.29. The number of carbonyl (C=O) groups excluding carboxylic acids is 2. The molecule has 0 radical (unpaired) electrons. The molecular formula is C18H17N4O3S+. The number of para-hydroxylation sites is 2. The predicted octanol–water partition coefficient (Wildman–Crippen LogP) is 2.20. The number of hydrogen-bond donors (Lipinski definition) is 2. The largest absolute Gasteiger partial charge is 0.465 e. The van der Waals surface area contributed by atoms with Crippen LogP contribution in [0.1, 0.15) is 10.4 Å². The van der Waals surface area contributed by atoms with Crippen LogP contribution in [-0.2, 0) is 9.53 Å². The zero-order valence-corrected chi connectivity index (χ0v) is 14.8. The first-order chi connectivity index (χ1) is 12.7. The fraction of sp³-hybridized carbons (Fsp3) is 0.111. The Kier molecular flexibility index (Phi) is 5.65. The van der Waals surface area contributed by atoms with Gasteiger partial charge in [0, 0.05) is 0 Å². The summed E-state index contributed by atoms with van der Waals surface area (Å²) in [6.07, 6.45) is 1.57. The van der Waals surface area contributed by atoms with Crippen molar-refractivity contribution in [3.8, 4) is 5.69 Å².